The minimum atomic E-state index is -0.349. The van der Waals surface area contributed by atoms with Crippen LogP contribution in [0.5, 0.6) is 0 Å². The van der Waals surface area contributed by atoms with E-state index in [1.165, 1.54) is 12.4 Å². The second-order valence-corrected chi connectivity index (χ2v) is 6.88. The Kier molecular flexibility index (Phi) is 6.06. The molecule has 1 N–H and O–H groups in total. The van der Waals surface area contributed by atoms with Crippen LogP contribution in [-0.2, 0) is 6.54 Å². The summed E-state index contributed by atoms with van der Waals surface area (Å²) in [4.78, 5) is 31.0. The number of amides is 2. The average Bonchev–Trinajstić information content (AvgIpc) is 2.71. The van der Waals surface area contributed by atoms with E-state index in [-0.39, 0.29) is 11.8 Å². The summed E-state index contributed by atoms with van der Waals surface area (Å²) in [6, 6.07) is 16.5. The normalized spacial score (nSPS) is 10.4. The third kappa shape index (κ3) is 4.56. The molecule has 142 valence electrons. The number of rotatable bonds is 5. The molecule has 0 unspecified atom stereocenters. The topological polar surface area (TPSA) is 62.3 Å². The predicted octanol–water partition coefficient (Wildman–Crippen LogP) is 4.57. The minimum absolute atomic E-state index is 0.204. The number of carbonyl (C=O) groups is 2. The first-order chi connectivity index (χ1) is 13.5. The van der Waals surface area contributed by atoms with Crippen molar-refractivity contribution in [2.45, 2.75) is 13.5 Å². The van der Waals surface area contributed by atoms with Crippen LogP contribution < -0.4 is 5.32 Å². The van der Waals surface area contributed by atoms with Crippen LogP contribution in [0.25, 0.3) is 0 Å². The Labute approximate surface area is 169 Å². The molecule has 2 amide bonds. The van der Waals surface area contributed by atoms with Gasteiger partial charge in [-0.1, -0.05) is 48.0 Å². The smallest absolute Gasteiger partial charge is 0.257 e. The number of nitrogens with zero attached hydrogens (tertiary/aromatic N) is 2. The van der Waals surface area contributed by atoms with Crippen molar-refractivity contribution in [3.05, 3.63) is 94.3 Å². The van der Waals surface area contributed by atoms with Gasteiger partial charge in [-0.2, -0.15) is 0 Å². The molecule has 0 aliphatic heterocycles. The maximum absolute atomic E-state index is 12.7. The number of aromatic nitrogens is 1. The van der Waals surface area contributed by atoms with E-state index in [4.69, 9.17) is 11.6 Å². The quantitative estimate of drug-likeness (QED) is 0.690. The maximum atomic E-state index is 12.7. The van der Waals surface area contributed by atoms with E-state index in [1.807, 2.05) is 37.3 Å². The highest BCUT2D eigenvalue weighted by atomic mass is 35.5. The lowest BCUT2D eigenvalue weighted by Gasteiger charge is -2.17. The lowest BCUT2D eigenvalue weighted by Crippen LogP contribution is -2.26. The lowest BCUT2D eigenvalue weighted by atomic mass is 10.1. The Balaban J connectivity index is 1.75. The standard InChI is InChI=1S/C22H20ClN3O2/c1-15-19(23)9-6-10-20(15)25-21(27)17-11-18(13-24-12-17)22(28)26(2)14-16-7-4-3-5-8-16/h3-13H,14H2,1-2H3,(H,25,27). The molecule has 0 atom stereocenters. The van der Waals surface area contributed by atoms with Crippen LogP contribution in [0, 0.1) is 6.92 Å². The van der Waals surface area contributed by atoms with Crippen LogP contribution in [0.15, 0.2) is 67.0 Å². The molecule has 3 aromatic rings. The summed E-state index contributed by atoms with van der Waals surface area (Å²) in [7, 11) is 1.72. The third-order valence-corrected chi connectivity index (χ3v) is 4.78. The highest BCUT2D eigenvalue weighted by Crippen LogP contribution is 2.23. The van der Waals surface area contributed by atoms with Gasteiger partial charge in [0.1, 0.15) is 0 Å². The third-order valence-electron chi connectivity index (χ3n) is 4.37. The Morgan fingerprint density at radius 3 is 2.50 bits per heavy atom. The highest BCUT2D eigenvalue weighted by Gasteiger charge is 2.16. The Morgan fingerprint density at radius 2 is 1.75 bits per heavy atom. The number of nitrogens with one attached hydrogen (secondary N) is 1. The first-order valence-electron chi connectivity index (χ1n) is 8.76. The molecule has 0 spiro atoms. The summed E-state index contributed by atoms with van der Waals surface area (Å²) in [6.07, 6.45) is 2.90. The largest absolute Gasteiger partial charge is 0.337 e. The number of anilines is 1. The zero-order valence-corrected chi connectivity index (χ0v) is 16.4. The van der Waals surface area contributed by atoms with Crippen LogP contribution in [0.1, 0.15) is 31.8 Å². The fourth-order valence-corrected chi connectivity index (χ4v) is 2.94. The van der Waals surface area contributed by atoms with Crippen molar-refractivity contribution in [1.82, 2.24) is 9.88 Å². The molecule has 0 saturated carbocycles. The maximum Gasteiger partial charge on any atom is 0.257 e. The number of benzene rings is 2. The van der Waals surface area contributed by atoms with E-state index in [9.17, 15) is 9.59 Å². The first kappa shape index (κ1) is 19.6. The van der Waals surface area contributed by atoms with Gasteiger partial charge in [-0.15, -0.1) is 0 Å². The van der Waals surface area contributed by atoms with Crippen molar-refractivity contribution >= 4 is 29.1 Å². The van der Waals surface area contributed by atoms with Crippen molar-refractivity contribution in [2.24, 2.45) is 0 Å². The number of pyridine rings is 1. The van der Waals surface area contributed by atoms with E-state index in [1.54, 1.807) is 36.2 Å². The van der Waals surface area contributed by atoms with E-state index in [0.29, 0.717) is 28.4 Å². The molecule has 0 radical (unpaired) electrons. The Morgan fingerprint density at radius 1 is 1.04 bits per heavy atom. The van der Waals surface area contributed by atoms with E-state index >= 15 is 0 Å². The van der Waals surface area contributed by atoms with Gasteiger partial charge in [-0.25, -0.2) is 0 Å². The molecular formula is C22H20ClN3O2. The van der Waals surface area contributed by atoms with E-state index in [0.717, 1.165) is 11.1 Å². The van der Waals surface area contributed by atoms with E-state index in [2.05, 4.69) is 10.3 Å². The summed E-state index contributed by atoms with van der Waals surface area (Å²) in [5.74, 6) is -0.553. The molecular weight excluding hydrogens is 374 g/mol. The van der Waals surface area contributed by atoms with Crippen molar-refractivity contribution in [1.29, 1.82) is 0 Å². The number of hydrogen-bond donors (Lipinski definition) is 1. The average molecular weight is 394 g/mol. The molecule has 5 nitrogen and oxygen atoms in total. The van der Waals surface area contributed by atoms with Gasteiger partial charge < -0.3 is 10.2 Å². The Hall–Kier alpha value is -3.18. The molecule has 0 fully saturated rings. The Bertz CT molecular complexity index is 1010. The zero-order chi connectivity index (χ0) is 20.1. The summed E-state index contributed by atoms with van der Waals surface area (Å²) < 4.78 is 0. The van der Waals surface area contributed by atoms with Gasteiger partial charge >= 0.3 is 0 Å². The fourth-order valence-electron chi connectivity index (χ4n) is 2.77. The monoisotopic (exact) mass is 393 g/mol. The number of halogens is 1. The molecule has 0 bridgehead atoms. The molecule has 0 aliphatic carbocycles. The van der Waals surface area contributed by atoms with Crippen molar-refractivity contribution in [3.8, 4) is 0 Å². The summed E-state index contributed by atoms with van der Waals surface area (Å²) in [5, 5.41) is 3.39. The van der Waals surface area contributed by atoms with Crippen LogP contribution in [0.4, 0.5) is 5.69 Å². The molecule has 1 heterocycles. The van der Waals surface area contributed by atoms with Gasteiger partial charge in [0.05, 0.1) is 11.1 Å². The summed E-state index contributed by atoms with van der Waals surface area (Å²) >= 11 is 6.10. The van der Waals surface area contributed by atoms with Crippen molar-refractivity contribution < 1.29 is 9.59 Å². The number of hydrogen-bond acceptors (Lipinski definition) is 3. The van der Waals surface area contributed by atoms with Gasteiger partial charge in [0, 0.05) is 36.7 Å². The second kappa shape index (κ2) is 8.67. The van der Waals surface area contributed by atoms with Gasteiger partial charge in [-0.05, 0) is 36.2 Å². The molecule has 3 rings (SSSR count). The van der Waals surface area contributed by atoms with Gasteiger partial charge in [0.2, 0.25) is 0 Å². The van der Waals surface area contributed by atoms with Crippen molar-refractivity contribution in [2.75, 3.05) is 12.4 Å². The van der Waals surface area contributed by atoms with Crippen LogP contribution >= 0.6 is 11.6 Å². The molecule has 1 aromatic heterocycles. The van der Waals surface area contributed by atoms with Crippen molar-refractivity contribution in [3.63, 3.8) is 0 Å². The van der Waals surface area contributed by atoms with Gasteiger partial charge in [0.25, 0.3) is 11.8 Å². The van der Waals surface area contributed by atoms with Crippen LogP contribution in [-0.4, -0.2) is 28.7 Å². The fraction of sp³-hybridized carbons (Fsp3) is 0.136. The lowest BCUT2D eigenvalue weighted by molar-refractivity contribution is 0.0784. The predicted molar refractivity (Wildman–Crippen MR) is 111 cm³/mol. The number of carbonyl (C=O) groups excluding carboxylic acids is 2. The zero-order valence-electron chi connectivity index (χ0n) is 15.6. The van der Waals surface area contributed by atoms with Crippen LogP contribution in [0.2, 0.25) is 5.02 Å². The second-order valence-electron chi connectivity index (χ2n) is 6.48. The van der Waals surface area contributed by atoms with Gasteiger partial charge in [-0.3, -0.25) is 14.6 Å². The first-order valence-corrected chi connectivity index (χ1v) is 9.14. The van der Waals surface area contributed by atoms with Gasteiger partial charge in [0.15, 0.2) is 0 Å². The molecule has 6 heteroatoms. The molecule has 0 saturated heterocycles. The minimum Gasteiger partial charge on any atom is -0.337 e. The SMILES string of the molecule is Cc1c(Cl)cccc1NC(=O)c1cncc(C(=O)N(C)Cc2ccccc2)c1. The highest BCUT2D eigenvalue weighted by molar-refractivity contribution is 6.31. The summed E-state index contributed by atoms with van der Waals surface area (Å²) in [6.45, 7) is 2.30. The molecule has 28 heavy (non-hydrogen) atoms. The summed E-state index contributed by atoms with van der Waals surface area (Å²) in [5.41, 5.74) is 3.08. The molecule has 2 aromatic carbocycles. The van der Waals surface area contributed by atoms with Crippen LogP contribution in [0.3, 0.4) is 0 Å². The molecule has 0 aliphatic rings. The van der Waals surface area contributed by atoms with E-state index < -0.39 is 0 Å².